The molecule has 24 heavy (non-hydrogen) atoms. The highest BCUT2D eigenvalue weighted by Gasteiger charge is 2.34. The molecule has 2 N–H and O–H groups in total. The van der Waals surface area contributed by atoms with Crippen molar-refractivity contribution in [3.05, 3.63) is 35.8 Å². The molecule has 0 bridgehead atoms. The number of nitrogens with two attached hydrogens (primary N) is 1. The van der Waals surface area contributed by atoms with Crippen LogP contribution in [0.15, 0.2) is 18.6 Å². The number of hydrogen-bond donors (Lipinski definition) is 1. The SMILES string of the molecule is Cc1ncc(CN(CC2(C)CCC2)c2cc(C(N)=O)ncn2)n1C. The molecule has 0 saturated heterocycles. The van der Waals surface area contributed by atoms with Crippen LogP contribution in [-0.2, 0) is 13.6 Å². The van der Waals surface area contributed by atoms with Crippen molar-refractivity contribution < 1.29 is 4.79 Å². The maximum atomic E-state index is 11.4. The molecule has 0 atom stereocenters. The summed E-state index contributed by atoms with van der Waals surface area (Å²) in [5, 5.41) is 0. The Hall–Kier alpha value is -2.44. The molecule has 0 aliphatic heterocycles. The van der Waals surface area contributed by atoms with Gasteiger partial charge in [-0.3, -0.25) is 4.79 Å². The van der Waals surface area contributed by atoms with Crippen molar-refractivity contribution in [2.24, 2.45) is 18.2 Å². The van der Waals surface area contributed by atoms with E-state index < -0.39 is 5.91 Å². The van der Waals surface area contributed by atoms with Crippen LogP contribution in [0.25, 0.3) is 0 Å². The minimum atomic E-state index is -0.537. The lowest BCUT2D eigenvalue weighted by Crippen LogP contribution is -2.40. The molecule has 1 saturated carbocycles. The van der Waals surface area contributed by atoms with Gasteiger partial charge in [0.05, 0.1) is 18.4 Å². The molecule has 1 amide bonds. The molecule has 2 heterocycles. The number of hydrogen-bond acceptors (Lipinski definition) is 5. The summed E-state index contributed by atoms with van der Waals surface area (Å²) in [4.78, 5) is 26.3. The number of amides is 1. The Morgan fingerprint density at radius 2 is 2.12 bits per heavy atom. The zero-order chi connectivity index (χ0) is 17.3. The predicted octanol–water partition coefficient (Wildman–Crippen LogP) is 1.81. The third-order valence-corrected chi connectivity index (χ3v) is 5.03. The predicted molar refractivity (Wildman–Crippen MR) is 91.5 cm³/mol. The lowest BCUT2D eigenvalue weighted by Gasteiger charge is -2.42. The van der Waals surface area contributed by atoms with Gasteiger partial charge < -0.3 is 15.2 Å². The van der Waals surface area contributed by atoms with Crippen LogP contribution in [0.2, 0.25) is 0 Å². The molecule has 1 aliphatic rings. The van der Waals surface area contributed by atoms with E-state index in [2.05, 4.69) is 31.3 Å². The normalized spacial score (nSPS) is 15.8. The molecule has 128 valence electrons. The van der Waals surface area contributed by atoms with Gasteiger partial charge in [-0.2, -0.15) is 0 Å². The van der Waals surface area contributed by atoms with Crippen LogP contribution in [0.1, 0.15) is 48.2 Å². The summed E-state index contributed by atoms with van der Waals surface area (Å²) in [6.07, 6.45) is 6.98. The number of carbonyl (C=O) groups is 1. The monoisotopic (exact) mass is 328 g/mol. The quantitative estimate of drug-likeness (QED) is 0.873. The lowest BCUT2D eigenvalue weighted by atomic mass is 9.70. The second kappa shape index (κ2) is 6.22. The number of nitrogens with zero attached hydrogens (tertiary/aromatic N) is 5. The van der Waals surface area contributed by atoms with Gasteiger partial charge in [-0.15, -0.1) is 0 Å². The lowest BCUT2D eigenvalue weighted by molar-refractivity contribution is 0.0995. The van der Waals surface area contributed by atoms with Gasteiger partial charge in [0.1, 0.15) is 23.7 Å². The Kier molecular flexibility index (Phi) is 4.26. The zero-order valence-electron chi connectivity index (χ0n) is 14.5. The van der Waals surface area contributed by atoms with E-state index in [9.17, 15) is 4.79 Å². The van der Waals surface area contributed by atoms with E-state index in [-0.39, 0.29) is 11.1 Å². The first-order valence-electron chi connectivity index (χ1n) is 8.22. The second-order valence-corrected chi connectivity index (χ2v) is 7.00. The number of imidazole rings is 1. The van der Waals surface area contributed by atoms with Gasteiger partial charge in [0.15, 0.2) is 0 Å². The third kappa shape index (κ3) is 3.25. The summed E-state index contributed by atoms with van der Waals surface area (Å²) < 4.78 is 2.08. The summed E-state index contributed by atoms with van der Waals surface area (Å²) in [5.74, 6) is 1.16. The van der Waals surface area contributed by atoms with Crippen LogP contribution in [0.5, 0.6) is 0 Å². The first-order valence-corrected chi connectivity index (χ1v) is 8.22. The van der Waals surface area contributed by atoms with Gasteiger partial charge in [-0.1, -0.05) is 13.3 Å². The molecule has 3 rings (SSSR count). The summed E-state index contributed by atoms with van der Waals surface area (Å²) in [6, 6.07) is 1.67. The number of rotatable bonds is 6. The van der Waals surface area contributed by atoms with Crippen molar-refractivity contribution in [3.63, 3.8) is 0 Å². The number of aryl methyl sites for hydroxylation is 1. The Balaban J connectivity index is 1.90. The van der Waals surface area contributed by atoms with Gasteiger partial charge in [0.2, 0.25) is 0 Å². The second-order valence-electron chi connectivity index (χ2n) is 7.00. The number of anilines is 1. The number of aromatic nitrogens is 4. The van der Waals surface area contributed by atoms with Crippen molar-refractivity contribution in [1.29, 1.82) is 0 Å². The van der Waals surface area contributed by atoms with Crippen LogP contribution in [0.4, 0.5) is 5.82 Å². The smallest absolute Gasteiger partial charge is 0.267 e. The zero-order valence-corrected chi connectivity index (χ0v) is 14.5. The fraction of sp³-hybridized carbons (Fsp3) is 0.529. The van der Waals surface area contributed by atoms with E-state index in [1.54, 1.807) is 6.07 Å². The Bertz CT molecular complexity index is 749. The molecule has 0 radical (unpaired) electrons. The molecule has 1 aliphatic carbocycles. The van der Waals surface area contributed by atoms with E-state index in [1.165, 1.54) is 25.6 Å². The van der Waals surface area contributed by atoms with Crippen LogP contribution in [0, 0.1) is 12.3 Å². The number of carbonyl (C=O) groups excluding carboxylic acids is 1. The first kappa shape index (κ1) is 16.4. The summed E-state index contributed by atoms with van der Waals surface area (Å²) >= 11 is 0. The average molecular weight is 328 g/mol. The first-order chi connectivity index (χ1) is 11.4. The van der Waals surface area contributed by atoms with E-state index in [1.807, 2.05) is 20.2 Å². The van der Waals surface area contributed by atoms with Gasteiger partial charge in [0.25, 0.3) is 5.91 Å². The summed E-state index contributed by atoms with van der Waals surface area (Å²) in [5.41, 5.74) is 7.00. The van der Waals surface area contributed by atoms with Crippen molar-refractivity contribution in [1.82, 2.24) is 19.5 Å². The fourth-order valence-corrected chi connectivity index (χ4v) is 3.16. The van der Waals surface area contributed by atoms with Crippen molar-refractivity contribution in [2.45, 2.75) is 39.7 Å². The molecule has 0 aromatic carbocycles. The third-order valence-electron chi connectivity index (χ3n) is 5.03. The Labute approximate surface area is 141 Å². The maximum Gasteiger partial charge on any atom is 0.267 e. The molecular weight excluding hydrogens is 304 g/mol. The standard InChI is InChI=1S/C17H24N6O/c1-12-19-8-13(22(12)3)9-23(10-17(2)5-4-6-17)15-7-14(16(18)24)20-11-21-15/h7-8,11H,4-6,9-10H2,1-3H3,(H2,18,24). The molecule has 2 aromatic heterocycles. The average Bonchev–Trinajstić information content (AvgIpc) is 2.85. The van der Waals surface area contributed by atoms with Crippen LogP contribution in [-0.4, -0.2) is 32.0 Å². The highest BCUT2D eigenvalue weighted by molar-refractivity contribution is 5.91. The minimum Gasteiger partial charge on any atom is -0.364 e. The largest absolute Gasteiger partial charge is 0.364 e. The molecule has 7 nitrogen and oxygen atoms in total. The molecule has 0 unspecified atom stereocenters. The maximum absolute atomic E-state index is 11.4. The Morgan fingerprint density at radius 1 is 1.38 bits per heavy atom. The highest BCUT2D eigenvalue weighted by Crippen LogP contribution is 2.41. The number of primary amides is 1. The van der Waals surface area contributed by atoms with E-state index in [4.69, 9.17) is 5.73 Å². The van der Waals surface area contributed by atoms with Crippen molar-refractivity contribution in [3.8, 4) is 0 Å². The van der Waals surface area contributed by atoms with Crippen LogP contribution >= 0.6 is 0 Å². The van der Waals surface area contributed by atoms with Crippen LogP contribution in [0.3, 0.4) is 0 Å². The van der Waals surface area contributed by atoms with Gasteiger partial charge in [0, 0.05) is 19.7 Å². The highest BCUT2D eigenvalue weighted by atomic mass is 16.1. The molecule has 1 fully saturated rings. The molecule has 7 heteroatoms. The summed E-state index contributed by atoms with van der Waals surface area (Å²) in [6.45, 7) is 5.85. The van der Waals surface area contributed by atoms with Crippen LogP contribution < -0.4 is 10.6 Å². The van der Waals surface area contributed by atoms with E-state index in [0.717, 1.165) is 23.9 Å². The summed E-state index contributed by atoms with van der Waals surface area (Å²) in [7, 11) is 2.01. The molecule has 2 aromatic rings. The fourth-order valence-electron chi connectivity index (χ4n) is 3.16. The van der Waals surface area contributed by atoms with Gasteiger partial charge >= 0.3 is 0 Å². The topological polar surface area (TPSA) is 89.9 Å². The minimum absolute atomic E-state index is 0.241. The van der Waals surface area contributed by atoms with E-state index >= 15 is 0 Å². The van der Waals surface area contributed by atoms with Crippen molar-refractivity contribution >= 4 is 11.7 Å². The molecular formula is C17H24N6O. The van der Waals surface area contributed by atoms with Gasteiger partial charge in [-0.25, -0.2) is 15.0 Å². The van der Waals surface area contributed by atoms with Gasteiger partial charge in [-0.05, 0) is 25.2 Å². The molecule has 0 spiro atoms. The van der Waals surface area contributed by atoms with E-state index in [0.29, 0.717) is 6.54 Å². The Morgan fingerprint density at radius 3 is 2.67 bits per heavy atom. The van der Waals surface area contributed by atoms with Crippen molar-refractivity contribution in [2.75, 3.05) is 11.4 Å².